The number of nitrogens with zero attached hydrogens (tertiary/aromatic N) is 4. The molecule has 1 amide bonds. The molecule has 2 aliphatic rings. The van der Waals surface area contributed by atoms with Gasteiger partial charge in [0.25, 0.3) is 5.89 Å². The fourth-order valence-electron chi connectivity index (χ4n) is 5.33. The Morgan fingerprint density at radius 3 is 2.55 bits per heavy atom. The quantitative estimate of drug-likeness (QED) is 0.333. The van der Waals surface area contributed by atoms with Crippen molar-refractivity contribution in [3.63, 3.8) is 0 Å². The highest BCUT2D eigenvalue weighted by atomic mass is 16.5. The molecule has 0 bridgehead atoms. The second kappa shape index (κ2) is 14.6. The molecule has 40 heavy (non-hydrogen) atoms. The number of nitriles is 1. The molecule has 1 saturated heterocycles. The number of likely N-dealkylation sites (tertiary alicyclic amines) is 1. The number of aromatic nitrogens is 2. The smallest absolute Gasteiger partial charge is 0.258 e. The zero-order chi connectivity index (χ0) is 29.2. The van der Waals surface area contributed by atoms with Crippen molar-refractivity contribution < 1.29 is 19.2 Å². The topological polar surface area (TPSA) is 112 Å². The van der Waals surface area contributed by atoms with Crippen LogP contribution >= 0.6 is 0 Å². The zero-order valence-electron chi connectivity index (χ0n) is 24.6. The standard InChI is InChI=1S/C25H24N4O4.C5H12.C2H6/c1-14(2)32-21-7-6-15(10-17(21)13-26)25-27-24(28-33-25)19-5-3-4-18-20(19)11-16-12-22(31)29(8-9-30)23(16)18;1-3-5-4-2;1-2/h3-7,10,14,16,23,30H,8-9,11-12H2,1-2H3;3-5H2,1-2H3;1-2H3. The van der Waals surface area contributed by atoms with Crippen molar-refractivity contribution in [3.05, 3.63) is 53.1 Å². The molecule has 8 heteroatoms. The number of amides is 1. The fraction of sp³-hybridized carbons (Fsp3) is 0.500. The van der Waals surface area contributed by atoms with Crippen LogP contribution in [0.3, 0.4) is 0 Å². The number of unbranched alkanes of at least 4 members (excludes halogenated alkanes) is 2. The van der Waals surface area contributed by atoms with Crippen molar-refractivity contribution in [1.82, 2.24) is 15.0 Å². The van der Waals surface area contributed by atoms with E-state index in [2.05, 4.69) is 30.1 Å². The second-order valence-corrected chi connectivity index (χ2v) is 10.1. The van der Waals surface area contributed by atoms with Crippen LogP contribution in [-0.2, 0) is 11.2 Å². The number of rotatable bonds is 8. The molecule has 0 saturated carbocycles. The lowest BCUT2D eigenvalue weighted by Gasteiger charge is -2.24. The number of hydrogen-bond acceptors (Lipinski definition) is 7. The minimum Gasteiger partial charge on any atom is -0.490 e. The molecule has 0 radical (unpaired) electrons. The molecule has 1 aromatic heterocycles. The minimum atomic E-state index is -0.0517. The summed E-state index contributed by atoms with van der Waals surface area (Å²) < 4.78 is 11.2. The number of hydrogen-bond donors (Lipinski definition) is 1. The summed E-state index contributed by atoms with van der Waals surface area (Å²) in [5, 5.41) is 23.1. The van der Waals surface area contributed by atoms with Crippen molar-refractivity contribution in [2.75, 3.05) is 13.2 Å². The number of benzene rings is 2. The Kier molecular flexibility index (Phi) is 11.3. The van der Waals surface area contributed by atoms with E-state index in [4.69, 9.17) is 9.26 Å². The lowest BCUT2D eigenvalue weighted by atomic mass is 10.0. The van der Waals surface area contributed by atoms with Gasteiger partial charge >= 0.3 is 0 Å². The molecule has 8 nitrogen and oxygen atoms in total. The van der Waals surface area contributed by atoms with Crippen LogP contribution in [0.5, 0.6) is 5.75 Å². The van der Waals surface area contributed by atoms with Crippen LogP contribution < -0.4 is 4.74 Å². The van der Waals surface area contributed by atoms with Crippen LogP contribution in [0.15, 0.2) is 40.9 Å². The molecule has 3 aromatic rings. The molecule has 2 aromatic carbocycles. The fourth-order valence-corrected chi connectivity index (χ4v) is 5.33. The summed E-state index contributed by atoms with van der Waals surface area (Å²) in [4.78, 5) is 18.8. The van der Waals surface area contributed by atoms with E-state index in [1.807, 2.05) is 45.9 Å². The van der Waals surface area contributed by atoms with E-state index in [0.717, 1.165) is 23.1 Å². The van der Waals surface area contributed by atoms with Gasteiger partial charge in [-0.25, -0.2) is 0 Å². The highest BCUT2D eigenvalue weighted by Gasteiger charge is 2.46. The van der Waals surface area contributed by atoms with Gasteiger partial charge in [0, 0.05) is 24.1 Å². The summed E-state index contributed by atoms with van der Waals surface area (Å²) in [6, 6.07) is 13.3. The van der Waals surface area contributed by atoms with Gasteiger partial charge < -0.3 is 19.3 Å². The highest BCUT2D eigenvalue weighted by molar-refractivity contribution is 5.81. The maximum atomic E-state index is 12.4. The molecule has 2 atom stereocenters. The number of carbonyl (C=O) groups excluding carboxylic acids is 1. The van der Waals surface area contributed by atoms with Crippen LogP contribution in [0.4, 0.5) is 0 Å². The summed E-state index contributed by atoms with van der Waals surface area (Å²) >= 11 is 0. The Balaban J connectivity index is 0.000000570. The van der Waals surface area contributed by atoms with Crippen LogP contribution in [-0.4, -0.2) is 45.3 Å². The first-order chi connectivity index (χ1) is 19.4. The predicted octanol–water partition coefficient (Wildman–Crippen LogP) is 6.72. The Bertz CT molecular complexity index is 1310. The highest BCUT2D eigenvalue weighted by Crippen LogP contribution is 2.49. The predicted molar refractivity (Wildman–Crippen MR) is 156 cm³/mol. The normalized spacial score (nSPS) is 16.9. The van der Waals surface area contributed by atoms with Gasteiger partial charge in [-0.3, -0.25) is 4.79 Å². The molecule has 0 spiro atoms. The van der Waals surface area contributed by atoms with Crippen LogP contribution in [0.2, 0.25) is 0 Å². The Labute approximate surface area is 238 Å². The number of aliphatic hydroxyl groups excluding tert-OH is 1. The first-order valence-electron chi connectivity index (χ1n) is 14.5. The number of β-amino-alcohol motifs (C(OH)–C–C–N with tert-alkyl or cyclic N) is 1. The number of ether oxygens (including phenoxy) is 1. The van der Waals surface area contributed by atoms with Crippen molar-refractivity contribution in [2.45, 2.75) is 85.8 Å². The Morgan fingerprint density at radius 2 is 1.93 bits per heavy atom. The third-order valence-corrected chi connectivity index (χ3v) is 6.96. The molecule has 5 rings (SSSR count). The maximum absolute atomic E-state index is 12.4. The van der Waals surface area contributed by atoms with Crippen molar-refractivity contribution >= 4 is 5.91 Å². The minimum absolute atomic E-state index is 0.0161. The van der Waals surface area contributed by atoms with Gasteiger partial charge in [0.2, 0.25) is 11.7 Å². The van der Waals surface area contributed by atoms with Gasteiger partial charge in [-0.15, -0.1) is 0 Å². The average Bonchev–Trinajstić information content (AvgIpc) is 3.66. The molecule has 2 unspecified atom stereocenters. The zero-order valence-corrected chi connectivity index (χ0v) is 24.6. The van der Waals surface area contributed by atoms with Crippen molar-refractivity contribution in [1.29, 1.82) is 5.26 Å². The third-order valence-electron chi connectivity index (χ3n) is 6.96. The van der Waals surface area contributed by atoms with E-state index in [-0.39, 0.29) is 30.6 Å². The van der Waals surface area contributed by atoms with Crippen LogP contribution in [0, 0.1) is 17.2 Å². The Morgan fingerprint density at radius 1 is 1.18 bits per heavy atom. The van der Waals surface area contributed by atoms with E-state index < -0.39 is 0 Å². The monoisotopic (exact) mass is 546 g/mol. The molecule has 214 valence electrons. The molecular formula is C32H42N4O4. The second-order valence-electron chi connectivity index (χ2n) is 10.1. The van der Waals surface area contributed by atoms with Gasteiger partial charge in [-0.05, 0) is 55.5 Å². The van der Waals surface area contributed by atoms with Crippen molar-refractivity contribution in [3.8, 4) is 34.7 Å². The summed E-state index contributed by atoms with van der Waals surface area (Å²) in [6.07, 6.45) is 5.28. The lowest BCUT2D eigenvalue weighted by molar-refractivity contribution is -0.129. The molecular weight excluding hydrogens is 504 g/mol. The van der Waals surface area contributed by atoms with Gasteiger partial charge in [0.1, 0.15) is 11.8 Å². The van der Waals surface area contributed by atoms with Crippen LogP contribution in [0.25, 0.3) is 22.8 Å². The molecule has 1 N–H and O–H groups in total. The van der Waals surface area contributed by atoms with E-state index in [1.54, 1.807) is 23.1 Å². The largest absolute Gasteiger partial charge is 0.490 e. The lowest BCUT2D eigenvalue weighted by Crippen LogP contribution is -2.30. The van der Waals surface area contributed by atoms with E-state index in [1.165, 1.54) is 19.3 Å². The van der Waals surface area contributed by atoms with Crippen molar-refractivity contribution in [2.24, 2.45) is 5.92 Å². The number of aliphatic hydroxyl groups is 1. The van der Waals surface area contributed by atoms with Crippen LogP contribution in [0.1, 0.15) is 90.0 Å². The van der Waals surface area contributed by atoms with E-state index >= 15 is 0 Å². The molecule has 1 aliphatic carbocycles. The maximum Gasteiger partial charge on any atom is 0.258 e. The molecule has 1 aliphatic heterocycles. The summed E-state index contributed by atoms with van der Waals surface area (Å²) in [6.45, 7) is 12.5. The SMILES string of the molecule is CC.CC(C)Oc1ccc(-c2nc(-c3cccc4c3CC3CC(=O)N(CCO)C43)no2)cc1C#N.CCCCC. The van der Waals surface area contributed by atoms with Gasteiger partial charge in [-0.1, -0.05) is 70.3 Å². The van der Waals surface area contributed by atoms with Gasteiger partial charge in [-0.2, -0.15) is 10.2 Å². The average molecular weight is 547 g/mol. The van der Waals surface area contributed by atoms with Gasteiger partial charge in [0.15, 0.2) is 0 Å². The molecule has 2 heterocycles. The first-order valence-corrected chi connectivity index (χ1v) is 14.5. The van der Waals surface area contributed by atoms with Gasteiger partial charge in [0.05, 0.1) is 24.3 Å². The van der Waals surface area contributed by atoms with E-state index in [9.17, 15) is 15.2 Å². The summed E-state index contributed by atoms with van der Waals surface area (Å²) in [7, 11) is 0. The number of fused-ring (bicyclic) bond motifs is 3. The molecule has 1 fully saturated rings. The summed E-state index contributed by atoms with van der Waals surface area (Å²) in [5.41, 5.74) is 4.14. The summed E-state index contributed by atoms with van der Waals surface area (Å²) in [5.74, 6) is 1.60. The number of carbonyl (C=O) groups is 1. The van der Waals surface area contributed by atoms with E-state index in [0.29, 0.717) is 41.6 Å². The first kappa shape index (κ1) is 30.8. The Hall–Kier alpha value is -3.70. The third kappa shape index (κ3) is 6.71.